The van der Waals surface area contributed by atoms with Crippen molar-refractivity contribution in [3.63, 3.8) is 0 Å². The number of carbonyl (C=O) groups excluding carboxylic acids is 1. The first-order valence-corrected chi connectivity index (χ1v) is 7.92. The van der Waals surface area contributed by atoms with Gasteiger partial charge in [0.1, 0.15) is 23.9 Å². The van der Waals surface area contributed by atoms with Crippen LogP contribution in [0.4, 0.5) is 4.39 Å². The highest BCUT2D eigenvalue weighted by Crippen LogP contribution is 2.17. The Morgan fingerprint density at radius 1 is 1.08 bits per heavy atom. The van der Waals surface area contributed by atoms with E-state index in [1.807, 2.05) is 24.3 Å². The van der Waals surface area contributed by atoms with E-state index in [9.17, 15) is 9.18 Å². The van der Waals surface area contributed by atoms with Crippen molar-refractivity contribution in [2.45, 2.75) is 0 Å². The van der Waals surface area contributed by atoms with Gasteiger partial charge in [-0.2, -0.15) is 0 Å². The molecule has 0 heterocycles. The van der Waals surface area contributed by atoms with Crippen molar-refractivity contribution in [3.05, 3.63) is 58.8 Å². The molecule has 0 atom stereocenters. The highest BCUT2D eigenvalue weighted by Gasteiger charge is 2.01. The monoisotopic (exact) mass is 391 g/mol. The number of carbonyl (C=O) groups is 1. The van der Waals surface area contributed by atoms with Crippen molar-refractivity contribution in [3.8, 4) is 23.3 Å². The Morgan fingerprint density at radius 3 is 2.62 bits per heavy atom. The third kappa shape index (κ3) is 6.71. The standard InChI is InChI=1S/C18H15BrFNO3/c19-14-4-3-5-17(12-14)23-11-2-1-10-21-18(22)13-24-16-8-6-15(20)7-9-16/h3-9,12H,10-11,13H2,(H,21,22). The first kappa shape index (κ1) is 17.8. The first-order valence-electron chi connectivity index (χ1n) is 7.12. The average molecular weight is 392 g/mol. The predicted octanol–water partition coefficient (Wildman–Crippen LogP) is 3.17. The summed E-state index contributed by atoms with van der Waals surface area (Å²) in [6.07, 6.45) is 0. The van der Waals surface area contributed by atoms with Crippen LogP contribution in [0.2, 0.25) is 0 Å². The lowest BCUT2D eigenvalue weighted by molar-refractivity contribution is -0.122. The fourth-order valence-corrected chi connectivity index (χ4v) is 2.04. The molecule has 0 saturated carbocycles. The van der Waals surface area contributed by atoms with Gasteiger partial charge in [0.15, 0.2) is 6.61 Å². The normalized spacial score (nSPS) is 9.58. The van der Waals surface area contributed by atoms with E-state index in [1.165, 1.54) is 24.3 Å². The molecule has 0 aromatic heterocycles. The van der Waals surface area contributed by atoms with Crippen LogP contribution >= 0.6 is 15.9 Å². The highest BCUT2D eigenvalue weighted by molar-refractivity contribution is 9.10. The van der Waals surface area contributed by atoms with Crippen LogP contribution in [0.3, 0.4) is 0 Å². The summed E-state index contributed by atoms with van der Waals surface area (Å²) in [5, 5.41) is 2.60. The Bertz CT molecular complexity index is 738. The van der Waals surface area contributed by atoms with Gasteiger partial charge in [0, 0.05) is 4.47 Å². The van der Waals surface area contributed by atoms with Gasteiger partial charge in [-0.3, -0.25) is 4.79 Å². The number of hydrogen-bond donors (Lipinski definition) is 1. The molecule has 2 aromatic carbocycles. The molecular weight excluding hydrogens is 377 g/mol. The molecule has 0 aliphatic carbocycles. The number of benzene rings is 2. The summed E-state index contributed by atoms with van der Waals surface area (Å²) in [6, 6.07) is 12.9. The molecule has 1 amide bonds. The molecule has 0 aliphatic rings. The van der Waals surface area contributed by atoms with E-state index in [1.54, 1.807) is 0 Å². The van der Waals surface area contributed by atoms with Gasteiger partial charge in [-0.05, 0) is 42.5 Å². The van der Waals surface area contributed by atoms with Crippen LogP contribution < -0.4 is 14.8 Å². The minimum absolute atomic E-state index is 0.151. The predicted molar refractivity (Wildman–Crippen MR) is 92.3 cm³/mol. The molecule has 2 aromatic rings. The van der Waals surface area contributed by atoms with Gasteiger partial charge in [0.25, 0.3) is 5.91 Å². The Kier molecular flexibility index (Phi) is 7.12. The molecule has 124 valence electrons. The topological polar surface area (TPSA) is 47.6 Å². The summed E-state index contributed by atoms with van der Waals surface area (Å²) in [6.45, 7) is 0.285. The van der Waals surface area contributed by atoms with Crippen molar-refractivity contribution in [1.82, 2.24) is 5.32 Å². The van der Waals surface area contributed by atoms with Crippen LogP contribution in [0.5, 0.6) is 11.5 Å². The third-order valence-electron chi connectivity index (χ3n) is 2.79. The zero-order valence-electron chi connectivity index (χ0n) is 12.7. The fourth-order valence-electron chi connectivity index (χ4n) is 1.66. The van der Waals surface area contributed by atoms with Crippen LogP contribution in [-0.2, 0) is 4.79 Å². The van der Waals surface area contributed by atoms with Gasteiger partial charge < -0.3 is 14.8 Å². The van der Waals surface area contributed by atoms with Crippen molar-refractivity contribution >= 4 is 21.8 Å². The maximum absolute atomic E-state index is 12.7. The molecule has 6 heteroatoms. The number of hydrogen-bond acceptors (Lipinski definition) is 3. The number of amides is 1. The average Bonchev–Trinajstić information content (AvgIpc) is 2.57. The van der Waals surface area contributed by atoms with Crippen LogP contribution in [0.15, 0.2) is 53.0 Å². The van der Waals surface area contributed by atoms with E-state index >= 15 is 0 Å². The van der Waals surface area contributed by atoms with Gasteiger partial charge in [-0.15, -0.1) is 0 Å². The molecule has 4 nitrogen and oxygen atoms in total. The molecule has 2 rings (SSSR count). The maximum Gasteiger partial charge on any atom is 0.258 e. The fraction of sp³-hybridized carbons (Fsp3) is 0.167. The second-order valence-electron chi connectivity index (χ2n) is 4.62. The zero-order valence-corrected chi connectivity index (χ0v) is 14.3. The zero-order chi connectivity index (χ0) is 17.2. The van der Waals surface area contributed by atoms with Crippen molar-refractivity contribution in [1.29, 1.82) is 0 Å². The molecule has 0 fully saturated rings. The van der Waals surface area contributed by atoms with Crippen molar-refractivity contribution in [2.75, 3.05) is 19.8 Å². The lowest BCUT2D eigenvalue weighted by atomic mass is 10.3. The smallest absolute Gasteiger partial charge is 0.258 e. The van der Waals surface area contributed by atoms with E-state index in [0.717, 1.165) is 10.2 Å². The van der Waals surface area contributed by atoms with Gasteiger partial charge in [0.2, 0.25) is 0 Å². The summed E-state index contributed by atoms with van der Waals surface area (Å²) < 4.78 is 24.3. The van der Waals surface area contributed by atoms with E-state index in [-0.39, 0.29) is 31.5 Å². The quantitative estimate of drug-likeness (QED) is 0.769. The molecule has 0 saturated heterocycles. The lowest BCUT2D eigenvalue weighted by Crippen LogP contribution is -2.29. The van der Waals surface area contributed by atoms with Gasteiger partial charge in [0.05, 0.1) is 6.54 Å². The molecule has 24 heavy (non-hydrogen) atoms. The minimum Gasteiger partial charge on any atom is -0.484 e. The molecular formula is C18H15BrFNO3. The molecule has 0 unspecified atom stereocenters. The number of rotatable bonds is 6. The Morgan fingerprint density at radius 2 is 1.88 bits per heavy atom. The third-order valence-corrected chi connectivity index (χ3v) is 3.28. The van der Waals surface area contributed by atoms with Gasteiger partial charge in [-0.1, -0.05) is 33.8 Å². The second-order valence-corrected chi connectivity index (χ2v) is 5.53. The van der Waals surface area contributed by atoms with Crippen molar-refractivity contribution in [2.24, 2.45) is 0 Å². The van der Waals surface area contributed by atoms with Crippen LogP contribution in [0.1, 0.15) is 0 Å². The number of halogens is 2. The van der Waals surface area contributed by atoms with Crippen LogP contribution in [0, 0.1) is 17.7 Å². The van der Waals surface area contributed by atoms with E-state index < -0.39 is 0 Å². The summed E-state index contributed by atoms with van der Waals surface area (Å²) in [5.41, 5.74) is 0. The van der Waals surface area contributed by atoms with E-state index in [0.29, 0.717) is 5.75 Å². The minimum atomic E-state index is -0.354. The number of nitrogens with one attached hydrogen (secondary N) is 1. The molecule has 0 bridgehead atoms. The molecule has 0 aliphatic heterocycles. The van der Waals surface area contributed by atoms with E-state index in [2.05, 4.69) is 33.1 Å². The summed E-state index contributed by atoms with van der Waals surface area (Å²) in [5.74, 6) is 6.08. The van der Waals surface area contributed by atoms with Crippen LogP contribution in [0.25, 0.3) is 0 Å². The molecule has 0 spiro atoms. The van der Waals surface area contributed by atoms with Crippen molar-refractivity contribution < 1.29 is 18.7 Å². The maximum atomic E-state index is 12.7. The highest BCUT2D eigenvalue weighted by atomic mass is 79.9. The SMILES string of the molecule is O=C(COc1ccc(F)cc1)NCC#CCOc1cccc(Br)c1. The first-order chi connectivity index (χ1) is 11.6. The Labute approximate surface area is 148 Å². The molecule has 1 N–H and O–H groups in total. The second kappa shape index (κ2) is 9.58. The summed E-state index contributed by atoms with van der Waals surface area (Å²) >= 11 is 3.35. The van der Waals surface area contributed by atoms with Crippen LogP contribution in [-0.4, -0.2) is 25.7 Å². The molecule has 0 radical (unpaired) electrons. The largest absolute Gasteiger partial charge is 0.484 e. The Balaban J connectivity index is 1.61. The lowest BCUT2D eigenvalue weighted by Gasteiger charge is -2.05. The summed E-state index contributed by atoms with van der Waals surface area (Å²) in [4.78, 5) is 11.6. The number of ether oxygens (including phenoxy) is 2. The van der Waals surface area contributed by atoms with Gasteiger partial charge in [-0.25, -0.2) is 4.39 Å². The Hall–Kier alpha value is -2.52. The van der Waals surface area contributed by atoms with Gasteiger partial charge >= 0.3 is 0 Å². The van der Waals surface area contributed by atoms with E-state index in [4.69, 9.17) is 9.47 Å². The summed E-state index contributed by atoms with van der Waals surface area (Å²) in [7, 11) is 0.